The summed E-state index contributed by atoms with van der Waals surface area (Å²) in [5.41, 5.74) is 1.43. The molecule has 1 atom stereocenters. The van der Waals surface area contributed by atoms with Crippen LogP contribution in [0, 0.1) is 5.92 Å². The Morgan fingerprint density at radius 2 is 2.07 bits per heavy atom. The average Bonchev–Trinajstić information content (AvgIpc) is 3.11. The molecule has 0 spiro atoms. The third-order valence-corrected chi connectivity index (χ3v) is 5.96. The summed E-state index contributed by atoms with van der Waals surface area (Å²) in [6, 6.07) is 6.61. The molecule has 8 nitrogen and oxygen atoms in total. The van der Waals surface area contributed by atoms with Gasteiger partial charge in [0.05, 0.1) is 22.2 Å². The third kappa shape index (κ3) is 3.79. The van der Waals surface area contributed by atoms with Crippen molar-refractivity contribution in [2.45, 2.75) is 17.7 Å². The fraction of sp³-hybridized carbons (Fsp3) is 0.389. The van der Waals surface area contributed by atoms with Crippen molar-refractivity contribution in [3.05, 3.63) is 36.8 Å². The van der Waals surface area contributed by atoms with E-state index in [0.717, 1.165) is 36.5 Å². The molecule has 0 bridgehead atoms. The molecular weight excluding hydrogens is 364 g/mol. The van der Waals surface area contributed by atoms with Crippen LogP contribution in [0.5, 0.6) is 0 Å². The number of sulfone groups is 1. The molecule has 3 aromatic rings. The highest BCUT2D eigenvalue weighted by atomic mass is 32.2. The Balaban J connectivity index is 1.60. The van der Waals surface area contributed by atoms with Crippen LogP contribution in [0.15, 0.2) is 41.7 Å². The van der Waals surface area contributed by atoms with Gasteiger partial charge in [-0.25, -0.2) is 23.1 Å². The average molecular weight is 386 g/mol. The van der Waals surface area contributed by atoms with Crippen LogP contribution < -0.4 is 10.6 Å². The Morgan fingerprint density at radius 1 is 1.26 bits per heavy atom. The first-order valence-electron chi connectivity index (χ1n) is 8.96. The van der Waals surface area contributed by atoms with Gasteiger partial charge in [-0.2, -0.15) is 5.10 Å². The molecule has 0 aliphatic carbocycles. The van der Waals surface area contributed by atoms with E-state index in [9.17, 15) is 8.42 Å². The molecule has 9 heteroatoms. The predicted molar refractivity (Wildman–Crippen MR) is 104 cm³/mol. The molecule has 27 heavy (non-hydrogen) atoms. The van der Waals surface area contributed by atoms with Gasteiger partial charge in [0.1, 0.15) is 12.1 Å². The molecule has 0 radical (unpaired) electrons. The van der Waals surface area contributed by atoms with Crippen LogP contribution in [0.2, 0.25) is 0 Å². The van der Waals surface area contributed by atoms with Crippen LogP contribution in [0.1, 0.15) is 12.8 Å². The molecule has 1 saturated heterocycles. The maximum atomic E-state index is 11.6. The van der Waals surface area contributed by atoms with Gasteiger partial charge < -0.3 is 10.6 Å². The summed E-state index contributed by atoms with van der Waals surface area (Å²) in [5.74, 6) is 1.35. The first kappa shape index (κ1) is 17.9. The number of piperidine rings is 1. The van der Waals surface area contributed by atoms with E-state index in [1.165, 1.54) is 25.4 Å². The Morgan fingerprint density at radius 3 is 2.78 bits per heavy atom. The van der Waals surface area contributed by atoms with Gasteiger partial charge in [-0.3, -0.25) is 0 Å². The highest BCUT2D eigenvalue weighted by Crippen LogP contribution is 2.23. The van der Waals surface area contributed by atoms with Crippen LogP contribution >= 0.6 is 0 Å². The van der Waals surface area contributed by atoms with E-state index in [-0.39, 0.29) is 4.90 Å². The summed E-state index contributed by atoms with van der Waals surface area (Å²) in [5, 5.41) is 12.1. The lowest BCUT2D eigenvalue weighted by molar-refractivity contribution is 0.392. The number of benzene rings is 1. The zero-order valence-corrected chi connectivity index (χ0v) is 15.9. The first-order chi connectivity index (χ1) is 13.0. The van der Waals surface area contributed by atoms with Gasteiger partial charge in [-0.15, -0.1) is 0 Å². The second-order valence-corrected chi connectivity index (χ2v) is 8.89. The van der Waals surface area contributed by atoms with Gasteiger partial charge in [0.15, 0.2) is 15.5 Å². The third-order valence-electron chi connectivity index (χ3n) is 4.83. The highest BCUT2D eigenvalue weighted by Gasteiger charge is 2.15. The maximum Gasteiger partial charge on any atom is 0.175 e. The van der Waals surface area contributed by atoms with Crippen molar-refractivity contribution in [1.29, 1.82) is 0 Å². The SMILES string of the molecule is CS(=O)(=O)c1ccc(-n2ncc3c(NCC4CCCNC4)ncnc32)cc1. The molecule has 0 saturated carbocycles. The number of fused-ring (bicyclic) bond motifs is 1. The number of anilines is 1. The standard InChI is InChI=1S/C18H22N6O2S/c1-27(25,26)15-6-4-14(5-7-15)24-18-16(11-23-24)17(21-12-22-18)20-10-13-3-2-8-19-9-13/h4-7,11-13,19H,2-3,8-10H2,1H3,(H,20,21,22). The van der Waals surface area contributed by atoms with E-state index >= 15 is 0 Å². The Kier molecular flexibility index (Phi) is 4.79. The summed E-state index contributed by atoms with van der Waals surface area (Å²) >= 11 is 0. The van der Waals surface area contributed by atoms with E-state index in [1.54, 1.807) is 35.1 Å². The summed E-state index contributed by atoms with van der Waals surface area (Å²) in [6.07, 6.45) is 6.86. The van der Waals surface area contributed by atoms with Gasteiger partial charge in [-0.1, -0.05) is 0 Å². The highest BCUT2D eigenvalue weighted by molar-refractivity contribution is 7.90. The fourth-order valence-corrected chi connectivity index (χ4v) is 3.98. The van der Waals surface area contributed by atoms with E-state index in [4.69, 9.17) is 0 Å². The second-order valence-electron chi connectivity index (χ2n) is 6.88. The van der Waals surface area contributed by atoms with Crippen molar-refractivity contribution in [3.8, 4) is 5.69 Å². The van der Waals surface area contributed by atoms with Crippen molar-refractivity contribution >= 4 is 26.7 Å². The topological polar surface area (TPSA) is 102 Å². The van der Waals surface area contributed by atoms with Crippen LogP contribution in [-0.2, 0) is 9.84 Å². The molecule has 4 rings (SSSR count). The quantitative estimate of drug-likeness (QED) is 0.687. The molecule has 3 heterocycles. The van der Waals surface area contributed by atoms with Gasteiger partial charge in [0.2, 0.25) is 0 Å². The first-order valence-corrected chi connectivity index (χ1v) is 10.9. The van der Waals surface area contributed by atoms with Gasteiger partial charge in [0, 0.05) is 12.8 Å². The minimum atomic E-state index is -3.23. The number of rotatable bonds is 5. The minimum Gasteiger partial charge on any atom is -0.369 e. The van der Waals surface area contributed by atoms with Crippen LogP contribution in [0.25, 0.3) is 16.7 Å². The summed E-state index contributed by atoms with van der Waals surface area (Å²) in [4.78, 5) is 9.01. The van der Waals surface area contributed by atoms with E-state index in [2.05, 4.69) is 25.7 Å². The van der Waals surface area contributed by atoms with Gasteiger partial charge >= 0.3 is 0 Å². The number of hydrogen-bond donors (Lipinski definition) is 2. The molecule has 2 N–H and O–H groups in total. The number of hydrogen-bond acceptors (Lipinski definition) is 7. The summed E-state index contributed by atoms with van der Waals surface area (Å²) in [6.45, 7) is 2.97. The number of aromatic nitrogens is 4. The Hall–Kier alpha value is -2.52. The lowest BCUT2D eigenvalue weighted by atomic mass is 10.00. The van der Waals surface area contributed by atoms with Crippen molar-refractivity contribution in [2.75, 3.05) is 31.2 Å². The molecule has 1 aliphatic heterocycles. The number of nitrogens with zero attached hydrogens (tertiary/aromatic N) is 4. The largest absolute Gasteiger partial charge is 0.369 e. The van der Waals surface area contributed by atoms with E-state index in [0.29, 0.717) is 11.6 Å². The van der Waals surface area contributed by atoms with E-state index < -0.39 is 9.84 Å². The molecule has 2 aromatic heterocycles. The van der Waals surface area contributed by atoms with Gasteiger partial charge in [-0.05, 0) is 56.1 Å². The molecule has 1 fully saturated rings. The Bertz CT molecular complexity index is 1040. The smallest absolute Gasteiger partial charge is 0.175 e. The summed E-state index contributed by atoms with van der Waals surface area (Å²) < 4.78 is 25.0. The zero-order valence-electron chi connectivity index (χ0n) is 15.1. The van der Waals surface area contributed by atoms with Crippen LogP contribution in [-0.4, -0.2) is 54.1 Å². The van der Waals surface area contributed by atoms with Crippen molar-refractivity contribution in [3.63, 3.8) is 0 Å². The Labute approximate surface area is 157 Å². The number of nitrogens with one attached hydrogen (secondary N) is 2. The molecule has 1 aliphatic rings. The summed E-state index contributed by atoms with van der Waals surface area (Å²) in [7, 11) is -3.23. The predicted octanol–water partition coefficient (Wildman–Crippen LogP) is 1.63. The monoisotopic (exact) mass is 386 g/mol. The van der Waals surface area contributed by atoms with Crippen molar-refractivity contribution in [2.24, 2.45) is 5.92 Å². The molecule has 0 amide bonds. The molecule has 1 aromatic carbocycles. The maximum absolute atomic E-state index is 11.6. The van der Waals surface area contributed by atoms with Crippen LogP contribution in [0.4, 0.5) is 5.82 Å². The zero-order chi connectivity index (χ0) is 18.9. The van der Waals surface area contributed by atoms with E-state index in [1.807, 2.05) is 0 Å². The normalized spacial score (nSPS) is 17.9. The van der Waals surface area contributed by atoms with Crippen LogP contribution in [0.3, 0.4) is 0 Å². The molecule has 142 valence electrons. The lowest BCUT2D eigenvalue weighted by Crippen LogP contribution is -2.33. The second kappa shape index (κ2) is 7.24. The molecular formula is C18H22N6O2S. The lowest BCUT2D eigenvalue weighted by Gasteiger charge is -2.23. The van der Waals surface area contributed by atoms with Gasteiger partial charge in [0.25, 0.3) is 0 Å². The van der Waals surface area contributed by atoms with Crippen molar-refractivity contribution in [1.82, 2.24) is 25.1 Å². The van der Waals surface area contributed by atoms with Crippen molar-refractivity contribution < 1.29 is 8.42 Å². The fourth-order valence-electron chi connectivity index (χ4n) is 3.35. The molecule has 1 unspecified atom stereocenters. The minimum absolute atomic E-state index is 0.279.